The standard InChI is InChI=1S/C12H16N2O2S/c1-7(2)4-9-11(14-16-12(9)13)10-5-8(15-3)6-17-10/h5-7H,4,13H2,1-3H3. The Morgan fingerprint density at radius 1 is 1.53 bits per heavy atom. The molecule has 0 fully saturated rings. The minimum Gasteiger partial charge on any atom is -0.496 e. The van der Waals surface area contributed by atoms with Crippen LogP contribution in [0.4, 0.5) is 5.88 Å². The first-order valence-corrected chi connectivity index (χ1v) is 6.36. The highest BCUT2D eigenvalue weighted by atomic mass is 32.1. The summed E-state index contributed by atoms with van der Waals surface area (Å²) in [6.07, 6.45) is 0.866. The number of hydrogen-bond acceptors (Lipinski definition) is 5. The Balaban J connectivity index is 2.37. The van der Waals surface area contributed by atoms with E-state index in [9.17, 15) is 0 Å². The second-order valence-electron chi connectivity index (χ2n) is 4.32. The first-order chi connectivity index (χ1) is 8.11. The summed E-state index contributed by atoms with van der Waals surface area (Å²) < 4.78 is 10.3. The summed E-state index contributed by atoms with van der Waals surface area (Å²) in [5.74, 6) is 1.76. The Morgan fingerprint density at radius 2 is 2.29 bits per heavy atom. The molecule has 0 aromatic carbocycles. The molecule has 2 aromatic heterocycles. The molecule has 0 spiro atoms. The molecule has 2 heterocycles. The van der Waals surface area contributed by atoms with Gasteiger partial charge in [-0.05, 0) is 12.3 Å². The van der Waals surface area contributed by atoms with Crippen molar-refractivity contribution >= 4 is 17.2 Å². The largest absolute Gasteiger partial charge is 0.496 e. The number of anilines is 1. The molecular weight excluding hydrogens is 236 g/mol. The van der Waals surface area contributed by atoms with Gasteiger partial charge in [0, 0.05) is 17.0 Å². The van der Waals surface area contributed by atoms with Crippen molar-refractivity contribution in [2.75, 3.05) is 12.8 Å². The summed E-state index contributed by atoms with van der Waals surface area (Å²) in [6, 6.07) is 1.95. The van der Waals surface area contributed by atoms with Crippen molar-refractivity contribution in [1.29, 1.82) is 0 Å². The summed E-state index contributed by atoms with van der Waals surface area (Å²) in [5, 5.41) is 5.99. The lowest BCUT2D eigenvalue weighted by Crippen LogP contribution is -1.98. The lowest BCUT2D eigenvalue weighted by Gasteiger charge is -2.03. The van der Waals surface area contributed by atoms with Gasteiger partial charge in [-0.25, -0.2) is 0 Å². The topological polar surface area (TPSA) is 61.3 Å². The van der Waals surface area contributed by atoms with Gasteiger partial charge in [-0.3, -0.25) is 0 Å². The first kappa shape index (κ1) is 12.0. The maximum Gasteiger partial charge on any atom is 0.225 e. The molecule has 0 amide bonds. The van der Waals surface area contributed by atoms with E-state index in [4.69, 9.17) is 15.0 Å². The number of ether oxygens (including phenoxy) is 1. The molecule has 0 saturated heterocycles. The van der Waals surface area contributed by atoms with Gasteiger partial charge in [-0.2, -0.15) is 0 Å². The second-order valence-corrected chi connectivity index (χ2v) is 5.23. The van der Waals surface area contributed by atoms with Gasteiger partial charge in [0.05, 0.1) is 12.0 Å². The van der Waals surface area contributed by atoms with Gasteiger partial charge < -0.3 is 15.0 Å². The van der Waals surface area contributed by atoms with Crippen LogP contribution >= 0.6 is 11.3 Å². The molecule has 0 aliphatic rings. The highest BCUT2D eigenvalue weighted by molar-refractivity contribution is 7.13. The number of methoxy groups -OCH3 is 1. The van der Waals surface area contributed by atoms with Gasteiger partial charge in [0.25, 0.3) is 0 Å². The summed E-state index contributed by atoms with van der Waals surface area (Å²) in [5.41, 5.74) is 7.64. The third-order valence-electron chi connectivity index (χ3n) is 2.48. The number of nitrogens with zero attached hydrogens (tertiary/aromatic N) is 1. The fourth-order valence-electron chi connectivity index (χ4n) is 1.67. The van der Waals surface area contributed by atoms with Crippen molar-refractivity contribution in [2.45, 2.75) is 20.3 Å². The number of nitrogens with two attached hydrogens (primary N) is 1. The molecule has 0 saturated carbocycles. The zero-order chi connectivity index (χ0) is 12.4. The molecule has 0 unspecified atom stereocenters. The molecule has 2 rings (SSSR count). The lowest BCUT2D eigenvalue weighted by molar-refractivity contribution is 0.416. The molecule has 92 valence electrons. The van der Waals surface area contributed by atoms with Crippen LogP contribution in [0, 0.1) is 5.92 Å². The number of rotatable bonds is 4. The van der Waals surface area contributed by atoms with Crippen molar-refractivity contribution < 1.29 is 9.26 Å². The van der Waals surface area contributed by atoms with E-state index in [-0.39, 0.29) is 0 Å². The van der Waals surface area contributed by atoms with Crippen LogP contribution in [0.25, 0.3) is 10.6 Å². The van der Waals surface area contributed by atoms with Crippen LogP contribution in [0.5, 0.6) is 5.75 Å². The number of hydrogen-bond donors (Lipinski definition) is 1. The molecule has 0 bridgehead atoms. The van der Waals surface area contributed by atoms with E-state index in [1.54, 1.807) is 18.4 Å². The number of thiophene rings is 1. The smallest absolute Gasteiger partial charge is 0.225 e. The second kappa shape index (κ2) is 4.79. The van der Waals surface area contributed by atoms with E-state index >= 15 is 0 Å². The van der Waals surface area contributed by atoms with Crippen LogP contribution in [0.3, 0.4) is 0 Å². The minimum absolute atomic E-state index is 0.418. The molecular formula is C12H16N2O2S. The summed E-state index contributed by atoms with van der Waals surface area (Å²) in [4.78, 5) is 1.03. The van der Waals surface area contributed by atoms with Gasteiger partial charge in [-0.15, -0.1) is 11.3 Å². The Morgan fingerprint density at radius 3 is 2.88 bits per heavy atom. The molecule has 2 aromatic rings. The van der Waals surface area contributed by atoms with Gasteiger partial charge in [0.2, 0.25) is 5.88 Å². The van der Waals surface area contributed by atoms with Gasteiger partial charge in [0.15, 0.2) is 0 Å². The lowest BCUT2D eigenvalue weighted by atomic mass is 10.0. The summed E-state index contributed by atoms with van der Waals surface area (Å²) in [7, 11) is 1.65. The number of aromatic nitrogens is 1. The van der Waals surface area contributed by atoms with Gasteiger partial charge in [0.1, 0.15) is 11.4 Å². The fourth-order valence-corrected chi connectivity index (χ4v) is 2.53. The van der Waals surface area contributed by atoms with Crippen LogP contribution in [0.2, 0.25) is 0 Å². The fraction of sp³-hybridized carbons (Fsp3) is 0.417. The van der Waals surface area contributed by atoms with Crippen molar-refractivity contribution in [2.24, 2.45) is 5.92 Å². The number of nitrogen functional groups attached to an aromatic ring is 1. The summed E-state index contributed by atoms with van der Waals surface area (Å²) in [6.45, 7) is 4.29. The highest BCUT2D eigenvalue weighted by Crippen LogP contribution is 2.35. The minimum atomic E-state index is 0.418. The van der Waals surface area contributed by atoms with E-state index in [1.165, 1.54) is 0 Å². The first-order valence-electron chi connectivity index (χ1n) is 5.48. The zero-order valence-electron chi connectivity index (χ0n) is 10.2. The van der Waals surface area contributed by atoms with Crippen molar-refractivity contribution in [3.05, 3.63) is 17.0 Å². The van der Waals surface area contributed by atoms with Crippen molar-refractivity contribution in [3.63, 3.8) is 0 Å². The molecule has 0 atom stereocenters. The van der Waals surface area contributed by atoms with E-state index in [0.717, 1.165) is 28.3 Å². The van der Waals surface area contributed by atoms with Crippen LogP contribution in [-0.2, 0) is 6.42 Å². The van der Waals surface area contributed by atoms with E-state index in [2.05, 4.69) is 19.0 Å². The van der Waals surface area contributed by atoms with Crippen LogP contribution in [0.1, 0.15) is 19.4 Å². The predicted molar refractivity (Wildman–Crippen MR) is 69.3 cm³/mol. The SMILES string of the molecule is COc1csc(-c2noc(N)c2CC(C)C)c1. The highest BCUT2D eigenvalue weighted by Gasteiger charge is 2.18. The van der Waals surface area contributed by atoms with Crippen molar-refractivity contribution in [3.8, 4) is 16.3 Å². The average Bonchev–Trinajstić information content (AvgIpc) is 2.86. The Hall–Kier alpha value is -1.49. The van der Waals surface area contributed by atoms with Gasteiger partial charge in [-0.1, -0.05) is 19.0 Å². The molecule has 17 heavy (non-hydrogen) atoms. The monoisotopic (exact) mass is 252 g/mol. The van der Waals surface area contributed by atoms with E-state index < -0.39 is 0 Å². The molecule has 0 aliphatic carbocycles. The van der Waals surface area contributed by atoms with E-state index in [1.807, 2.05) is 11.4 Å². The van der Waals surface area contributed by atoms with Crippen LogP contribution in [0.15, 0.2) is 16.0 Å². The molecule has 0 radical (unpaired) electrons. The van der Waals surface area contributed by atoms with Gasteiger partial charge >= 0.3 is 0 Å². The summed E-state index contributed by atoms with van der Waals surface area (Å²) >= 11 is 1.58. The predicted octanol–water partition coefficient (Wildman–Crippen LogP) is 3.19. The normalized spacial score (nSPS) is 11.1. The maximum absolute atomic E-state index is 5.81. The Kier molecular flexibility index (Phi) is 3.38. The van der Waals surface area contributed by atoms with E-state index in [0.29, 0.717) is 11.8 Å². The Labute approximate surface area is 104 Å². The van der Waals surface area contributed by atoms with Crippen LogP contribution < -0.4 is 10.5 Å². The average molecular weight is 252 g/mol. The van der Waals surface area contributed by atoms with Crippen LogP contribution in [-0.4, -0.2) is 12.3 Å². The van der Waals surface area contributed by atoms with Crippen molar-refractivity contribution in [1.82, 2.24) is 5.16 Å². The molecule has 0 aliphatic heterocycles. The quantitative estimate of drug-likeness (QED) is 0.907. The maximum atomic E-state index is 5.81. The third-order valence-corrected chi connectivity index (χ3v) is 3.39. The molecule has 4 nitrogen and oxygen atoms in total. The Bertz CT molecular complexity index is 502. The molecule has 5 heteroatoms. The zero-order valence-corrected chi connectivity index (χ0v) is 11.0. The molecule has 2 N–H and O–H groups in total. The third kappa shape index (κ3) is 2.44.